The van der Waals surface area contributed by atoms with E-state index in [2.05, 4.69) is 0 Å². The van der Waals surface area contributed by atoms with Crippen molar-refractivity contribution in [2.24, 2.45) is 0 Å². The maximum absolute atomic E-state index is 13.1. The highest BCUT2D eigenvalue weighted by Gasteiger charge is 2.68. The van der Waals surface area contributed by atoms with E-state index in [1.54, 1.807) is 43.3 Å². The molecule has 6 nitrogen and oxygen atoms in total. The molecule has 1 amide bonds. The van der Waals surface area contributed by atoms with E-state index in [0.29, 0.717) is 27.4 Å². The first kappa shape index (κ1) is 16.6. The number of nitrogens with zero attached hydrogens (tertiary/aromatic N) is 1. The zero-order chi connectivity index (χ0) is 18.6. The normalized spacial score (nSPS) is 22.6. The van der Waals surface area contributed by atoms with Crippen LogP contribution in [0.5, 0.6) is 0 Å². The summed E-state index contributed by atoms with van der Waals surface area (Å²) in [7, 11) is 0. The molecule has 7 heteroatoms. The lowest BCUT2D eigenvalue weighted by molar-refractivity contribution is -0.155. The predicted octanol–water partition coefficient (Wildman–Crippen LogP) is 2.94. The molecular weight excluding hydrogens is 358 g/mol. The monoisotopic (exact) mass is 371 g/mol. The molecule has 26 heavy (non-hydrogen) atoms. The number of carboxylic acid groups (broad SMARTS) is 1. The van der Waals surface area contributed by atoms with E-state index >= 15 is 0 Å². The molecule has 2 heterocycles. The first-order chi connectivity index (χ1) is 12.4. The van der Waals surface area contributed by atoms with Crippen molar-refractivity contribution in [2.45, 2.75) is 18.4 Å². The van der Waals surface area contributed by atoms with Gasteiger partial charge in [0.1, 0.15) is 5.92 Å². The van der Waals surface area contributed by atoms with E-state index in [1.807, 2.05) is 0 Å². The summed E-state index contributed by atoms with van der Waals surface area (Å²) in [5.41, 5.74) is -0.463. The van der Waals surface area contributed by atoms with Crippen LogP contribution in [0.3, 0.4) is 0 Å². The molecule has 2 aromatic carbocycles. The van der Waals surface area contributed by atoms with E-state index in [9.17, 15) is 19.5 Å². The third-order valence-corrected chi connectivity index (χ3v) is 5.15. The fraction of sp³-hybridized carbons (Fsp3) is 0.211. The molecule has 2 unspecified atom stereocenters. The summed E-state index contributed by atoms with van der Waals surface area (Å²) < 4.78 is 5.25. The van der Waals surface area contributed by atoms with E-state index in [0.717, 1.165) is 0 Å². The minimum atomic E-state index is -1.78. The Bertz CT molecular complexity index is 972. The van der Waals surface area contributed by atoms with Crippen molar-refractivity contribution in [1.29, 1.82) is 0 Å². The molecular formula is C19H14ClNO5. The molecule has 2 atom stereocenters. The molecule has 2 aromatic rings. The number of halogens is 1. The smallest absolute Gasteiger partial charge is 0.338 e. The SMILES string of the molecule is CCOC(=O)C12c3ccccc3C(=O)N1c1ccc(Cl)cc1C2C(=O)O. The summed E-state index contributed by atoms with van der Waals surface area (Å²) in [5.74, 6) is -3.74. The Morgan fingerprint density at radius 2 is 2.00 bits per heavy atom. The minimum absolute atomic E-state index is 0.0637. The summed E-state index contributed by atoms with van der Waals surface area (Å²) in [4.78, 5) is 39.7. The number of carboxylic acids is 1. The van der Waals surface area contributed by atoms with Crippen molar-refractivity contribution in [2.75, 3.05) is 11.5 Å². The summed E-state index contributed by atoms with van der Waals surface area (Å²) in [6, 6.07) is 11.2. The molecule has 0 bridgehead atoms. The van der Waals surface area contributed by atoms with Crippen LogP contribution in [0.25, 0.3) is 0 Å². The van der Waals surface area contributed by atoms with Gasteiger partial charge >= 0.3 is 11.9 Å². The van der Waals surface area contributed by atoms with Gasteiger partial charge in [-0.25, -0.2) is 4.79 Å². The maximum Gasteiger partial charge on any atom is 0.338 e. The molecule has 132 valence electrons. The lowest BCUT2D eigenvalue weighted by Gasteiger charge is -2.33. The number of ether oxygens (including phenoxy) is 1. The second kappa shape index (κ2) is 5.57. The van der Waals surface area contributed by atoms with Crippen LogP contribution in [-0.2, 0) is 19.9 Å². The second-order valence-corrected chi connectivity index (χ2v) is 6.58. The molecule has 2 aliphatic heterocycles. The summed E-state index contributed by atoms with van der Waals surface area (Å²) in [6.45, 7) is 1.70. The van der Waals surface area contributed by atoms with Crippen LogP contribution in [0.4, 0.5) is 5.69 Å². The fourth-order valence-electron chi connectivity index (χ4n) is 4.04. The molecule has 0 saturated carbocycles. The zero-order valence-electron chi connectivity index (χ0n) is 13.7. The average Bonchev–Trinajstić information content (AvgIpc) is 3.05. The van der Waals surface area contributed by atoms with Gasteiger partial charge in [-0.15, -0.1) is 0 Å². The first-order valence-corrected chi connectivity index (χ1v) is 8.46. The van der Waals surface area contributed by atoms with Crippen molar-refractivity contribution in [3.05, 3.63) is 64.2 Å². The molecule has 0 aliphatic carbocycles. The van der Waals surface area contributed by atoms with Crippen LogP contribution < -0.4 is 4.90 Å². The first-order valence-electron chi connectivity index (χ1n) is 8.08. The largest absolute Gasteiger partial charge is 0.481 e. The average molecular weight is 372 g/mol. The molecule has 4 rings (SSSR count). The number of carbonyl (C=O) groups excluding carboxylic acids is 2. The van der Waals surface area contributed by atoms with Gasteiger partial charge in [-0.05, 0) is 36.8 Å². The van der Waals surface area contributed by atoms with Crippen LogP contribution in [0.2, 0.25) is 5.02 Å². The number of aliphatic carboxylic acids is 1. The Morgan fingerprint density at radius 1 is 1.27 bits per heavy atom. The van der Waals surface area contributed by atoms with Gasteiger partial charge in [0.05, 0.1) is 6.61 Å². The fourth-order valence-corrected chi connectivity index (χ4v) is 4.22. The van der Waals surface area contributed by atoms with E-state index in [4.69, 9.17) is 16.3 Å². The second-order valence-electron chi connectivity index (χ2n) is 6.15. The lowest BCUT2D eigenvalue weighted by atomic mass is 9.77. The predicted molar refractivity (Wildman–Crippen MR) is 93.4 cm³/mol. The van der Waals surface area contributed by atoms with Gasteiger partial charge in [0.25, 0.3) is 5.91 Å². The van der Waals surface area contributed by atoms with Gasteiger partial charge in [0.2, 0.25) is 0 Å². The highest BCUT2D eigenvalue weighted by Crippen LogP contribution is 2.58. The number of rotatable bonds is 3. The summed E-state index contributed by atoms with van der Waals surface area (Å²) in [5, 5.41) is 10.3. The Morgan fingerprint density at radius 3 is 2.69 bits per heavy atom. The molecule has 1 N–H and O–H groups in total. The Hall–Kier alpha value is -2.86. The number of benzene rings is 2. The highest BCUT2D eigenvalue weighted by molar-refractivity contribution is 6.31. The van der Waals surface area contributed by atoms with Crippen LogP contribution in [0, 0.1) is 0 Å². The molecule has 0 fully saturated rings. The third kappa shape index (κ3) is 1.85. The summed E-state index contributed by atoms with van der Waals surface area (Å²) in [6.07, 6.45) is 0. The van der Waals surface area contributed by atoms with Gasteiger partial charge in [-0.2, -0.15) is 0 Å². The van der Waals surface area contributed by atoms with E-state index < -0.39 is 29.3 Å². The molecule has 0 aromatic heterocycles. The van der Waals surface area contributed by atoms with Crippen LogP contribution in [-0.4, -0.2) is 29.6 Å². The maximum atomic E-state index is 13.1. The van der Waals surface area contributed by atoms with Crippen LogP contribution in [0.1, 0.15) is 34.3 Å². The van der Waals surface area contributed by atoms with Gasteiger partial charge in [0.15, 0.2) is 5.54 Å². The van der Waals surface area contributed by atoms with Gasteiger partial charge in [0, 0.05) is 21.8 Å². The zero-order valence-corrected chi connectivity index (χ0v) is 14.5. The number of hydrogen-bond donors (Lipinski definition) is 1. The van der Waals surface area contributed by atoms with Crippen molar-refractivity contribution in [3.63, 3.8) is 0 Å². The van der Waals surface area contributed by atoms with Crippen molar-refractivity contribution < 1.29 is 24.2 Å². The van der Waals surface area contributed by atoms with E-state index in [1.165, 1.54) is 11.0 Å². The Kier molecular flexibility index (Phi) is 3.56. The number of hydrogen-bond acceptors (Lipinski definition) is 4. The van der Waals surface area contributed by atoms with Gasteiger partial charge in [-0.1, -0.05) is 29.8 Å². The number of amides is 1. The number of carbonyl (C=O) groups is 3. The van der Waals surface area contributed by atoms with Gasteiger partial charge in [-0.3, -0.25) is 14.5 Å². The van der Waals surface area contributed by atoms with Crippen LogP contribution in [0.15, 0.2) is 42.5 Å². The minimum Gasteiger partial charge on any atom is -0.481 e. The molecule has 0 radical (unpaired) electrons. The van der Waals surface area contributed by atoms with Crippen LogP contribution >= 0.6 is 11.6 Å². The van der Waals surface area contributed by atoms with E-state index in [-0.39, 0.29) is 6.61 Å². The Labute approximate surface area is 153 Å². The number of esters is 1. The lowest BCUT2D eigenvalue weighted by Crippen LogP contribution is -2.52. The van der Waals surface area contributed by atoms with Crippen molar-refractivity contribution >= 4 is 35.1 Å². The molecule has 2 aliphatic rings. The quantitative estimate of drug-likeness (QED) is 0.838. The highest BCUT2D eigenvalue weighted by atomic mass is 35.5. The topological polar surface area (TPSA) is 83.9 Å². The van der Waals surface area contributed by atoms with Crippen molar-refractivity contribution in [3.8, 4) is 0 Å². The van der Waals surface area contributed by atoms with Gasteiger partial charge < -0.3 is 9.84 Å². The third-order valence-electron chi connectivity index (χ3n) is 4.92. The summed E-state index contributed by atoms with van der Waals surface area (Å²) >= 11 is 6.06. The Balaban J connectivity index is 2.10. The molecule has 0 spiro atoms. The number of fused-ring (bicyclic) bond motifs is 5. The van der Waals surface area contributed by atoms with Crippen molar-refractivity contribution in [1.82, 2.24) is 0 Å². The molecule has 0 saturated heterocycles. The standard InChI is InChI=1S/C19H14ClNO5/c1-2-26-18(25)19-13-6-4-3-5-11(13)16(22)21(19)14-8-7-10(20)9-12(14)15(19)17(23)24/h3-9,15H,2H2,1H3,(H,23,24). The number of anilines is 1.